The number of methoxy groups -OCH3 is 4. The fourth-order valence-corrected chi connectivity index (χ4v) is 3.48. The van der Waals surface area contributed by atoms with Crippen LogP contribution in [0.15, 0.2) is 30.3 Å². The van der Waals surface area contributed by atoms with E-state index in [0.29, 0.717) is 35.2 Å². The van der Waals surface area contributed by atoms with Gasteiger partial charge in [-0.2, -0.15) is 0 Å². The Bertz CT molecular complexity index is 866. The van der Waals surface area contributed by atoms with Crippen LogP contribution in [0.4, 0.5) is 0 Å². The molecule has 2 aromatic carbocycles. The van der Waals surface area contributed by atoms with E-state index < -0.39 is 0 Å². The number of hydrogen-bond donors (Lipinski definition) is 0. The summed E-state index contributed by atoms with van der Waals surface area (Å²) in [5.41, 5.74) is 2.22. The summed E-state index contributed by atoms with van der Waals surface area (Å²) in [5.74, 6) is 2.03. The Balaban J connectivity index is 1.99. The molecule has 0 amide bonds. The van der Waals surface area contributed by atoms with E-state index in [2.05, 4.69) is 0 Å². The van der Waals surface area contributed by atoms with Gasteiger partial charge in [0.05, 0.1) is 26.7 Å². The van der Waals surface area contributed by atoms with Gasteiger partial charge in [0.25, 0.3) is 0 Å². The van der Waals surface area contributed by atoms with Crippen LogP contribution in [0.5, 0.6) is 23.0 Å². The molecule has 1 aliphatic heterocycles. The van der Waals surface area contributed by atoms with Gasteiger partial charge in [-0.25, -0.2) is 0 Å². The van der Waals surface area contributed by atoms with Gasteiger partial charge in [0.2, 0.25) is 0 Å². The third-order valence-corrected chi connectivity index (χ3v) is 4.82. The highest BCUT2D eigenvalue weighted by molar-refractivity contribution is 5.78. The standard InChI is InChI=1S/C22H26O8/c1-24-12-28-11-17-16-7-14(10-23)8-20(27-4)22(16)30-21(17)15-5-6-18(29-13-25-2)19(9-15)26-3/h5-10,17,21H,11-13H2,1-4H3/t17-,21+/m1/s1. The van der Waals surface area contributed by atoms with E-state index in [1.54, 1.807) is 46.6 Å². The molecule has 3 rings (SSSR count). The Morgan fingerprint density at radius 1 is 0.933 bits per heavy atom. The minimum atomic E-state index is -0.377. The van der Waals surface area contributed by atoms with Crippen LogP contribution < -0.4 is 18.9 Å². The molecule has 2 atom stereocenters. The summed E-state index contributed by atoms with van der Waals surface area (Å²) >= 11 is 0. The molecule has 0 radical (unpaired) electrons. The SMILES string of the molecule is COCOC[C@@H]1c2cc(C=O)cc(OC)c2O[C@H]1c1ccc(OCOC)c(OC)c1. The number of fused-ring (bicyclic) bond motifs is 1. The fraction of sp³-hybridized carbons (Fsp3) is 0.409. The fourth-order valence-electron chi connectivity index (χ4n) is 3.48. The molecular weight excluding hydrogens is 392 g/mol. The Morgan fingerprint density at radius 3 is 2.37 bits per heavy atom. The second-order valence-electron chi connectivity index (χ2n) is 6.64. The van der Waals surface area contributed by atoms with Crippen molar-refractivity contribution in [1.29, 1.82) is 0 Å². The lowest BCUT2D eigenvalue weighted by Gasteiger charge is -2.21. The van der Waals surface area contributed by atoms with E-state index in [1.807, 2.05) is 12.1 Å². The second-order valence-corrected chi connectivity index (χ2v) is 6.64. The van der Waals surface area contributed by atoms with Crippen molar-refractivity contribution in [3.63, 3.8) is 0 Å². The van der Waals surface area contributed by atoms with Gasteiger partial charge in [-0.1, -0.05) is 6.07 Å². The molecule has 8 nitrogen and oxygen atoms in total. The lowest BCUT2D eigenvalue weighted by atomic mass is 9.90. The van der Waals surface area contributed by atoms with Crippen LogP contribution >= 0.6 is 0 Å². The van der Waals surface area contributed by atoms with Gasteiger partial charge in [0.15, 0.2) is 29.8 Å². The molecule has 0 unspecified atom stereocenters. The van der Waals surface area contributed by atoms with Crippen molar-refractivity contribution in [1.82, 2.24) is 0 Å². The van der Waals surface area contributed by atoms with E-state index in [9.17, 15) is 4.79 Å². The molecule has 0 N–H and O–H groups in total. The van der Waals surface area contributed by atoms with Gasteiger partial charge in [0, 0.05) is 25.3 Å². The van der Waals surface area contributed by atoms with Gasteiger partial charge in [-0.3, -0.25) is 4.79 Å². The first-order valence-corrected chi connectivity index (χ1v) is 9.36. The first-order valence-electron chi connectivity index (χ1n) is 9.36. The molecule has 1 aliphatic rings. The van der Waals surface area contributed by atoms with Crippen molar-refractivity contribution in [3.8, 4) is 23.0 Å². The van der Waals surface area contributed by atoms with E-state index in [0.717, 1.165) is 17.4 Å². The van der Waals surface area contributed by atoms with Crippen molar-refractivity contribution in [3.05, 3.63) is 47.0 Å². The number of rotatable bonds is 11. The average Bonchev–Trinajstić information content (AvgIpc) is 3.15. The van der Waals surface area contributed by atoms with Gasteiger partial charge in [-0.15, -0.1) is 0 Å². The maximum Gasteiger partial charge on any atom is 0.188 e. The van der Waals surface area contributed by atoms with Crippen LogP contribution in [-0.4, -0.2) is 54.9 Å². The predicted molar refractivity (Wildman–Crippen MR) is 108 cm³/mol. The van der Waals surface area contributed by atoms with Crippen molar-refractivity contribution >= 4 is 6.29 Å². The molecule has 0 saturated carbocycles. The maximum atomic E-state index is 11.4. The molecule has 0 saturated heterocycles. The minimum Gasteiger partial charge on any atom is -0.493 e. The number of hydrogen-bond acceptors (Lipinski definition) is 8. The topological polar surface area (TPSA) is 81.7 Å². The zero-order valence-electron chi connectivity index (χ0n) is 17.5. The number of aldehydes is 1. The molecule has 0 aliphatic carbocycles. The summed E-state index contributed by atoms with van der Waals surface area (Å²) in [7, 11) is 6.23. The number of carbonyl (C=O) groups excluding carboxylic acids is 1. The Kier molecular flexibility index (Phi) is 7.51. The summed E-state index contributed by atoms with van der Waals surface area (Å²) < 4.78 is 38.4. The minimum absolute atomic E-state index is 0.111. The molecule has 0 spiro atoms. The molecule has 8 heteroatoms. The highest BCUT2D eigenvalue weighted by Gasteiger charge is 2.38. The summed E-state index contributed by atoms with van der Waals surface area (Å²) in [6.45, 7) is 0.595. The summed E-state index contributed by atoms with van der Waals surface area (Å²) in [6, 6.07) is 9.03. The van der Waals surface area contributed by atoms with Crippen LogP contribution in [0, 0.1) is 0 Å². The number of carbonyl (C=O) groups is 1. The van der Waals surface area contributed by atoms with Crippen LogP contribution in [0.25, 0.3) is 0 Å². The monoisotopic (exact) mass is 418 g/mol. The van der Waals surface area contributed by atoms with Gasteiger partial charge in [-0.05, 0) is 29.8 Å². The zero-order valence-corrected chi connectivity index (χ0v) is 17.5. The van der Waals surface area contributed by atoms with Crippen LogP contribution in [0.3, 0.4) is 0 Å². The molecule has 0 bridgehead atoms. The van der Waals surface area contributed by atoms with E-state index in [1.165, 1.54) is 0 Å². The van der Waals surface area contributed by atoms with Crippen molar-refractivity contribution in [2.75, 3.05) is 48.6 Å². The Morgan fingerprint density at radius 2 is 1.70 bits per heavy atom. The maximum absolute atomic E-state index is 11.4. The largest absolute Gasteiger partial charge is 0.493 e. The van der Waals surface area contributed by atoms with E-state index in [-0.39, 0.29) is 25.6 Å². The first-order chi connectivity index (χ1) is 14.7. The van der Waals surface area contributed by atoms with E-state index >= 15 is 0 Å². The Hall–Kier alpha value is -2.81. The molecule has 162 valence electrons. The van der Waals surface area contributed by atoms with Crippen molar-refractivity contribution in [2.45, 2.75) is 12.0 Å². The van der Waals surface area contributed by atoms with Crippen molar-refractivity contribution < 1.29 is 38.0 Å². The van der Waals surface area contributed by atoms with Gasteiger partial charge >= 0.3 is 0 Å². The molecule has 30 heavy (non-hydrogen) atoms. The third-order valence-electron chi connectivity index (χ3n) is 4.82. The van der Waals surface area contributed by atoms with Crippen LogP contribution in [0.1, 0.15) is 33.5 Å². The quantitative estimate of drug-likeness (QED) is 0.312. The molecule has 0 aromatic heterocycles. The summed E-state index contributed by atoms with van der Waals surface area (Å²) in [5, 5.41) is 0. The smallest absolute Gasteiger partial charge is 0.188 e. The summed E-state index contributed by atoms with van der Waals surface area (Å²) in [6.07, 6.45) is 0.409. The second kappa shape index (κ2) is 10.3. The van der Waals surface area contributed by atoms with Crippen molar-refractivity contribution in [2.24, 2.45) is 0 Å². The van der Waals surface area contributed by atoms with E-state index in [4.69, 9.17) is 33.2 Å². The normalized spacial score (nSPS) is 17.2. The molecular formula is C22H26O8. The van der Waals surface area contributed by atoms with Crippen LogP contribution in [0.2, 0.25) is 0 Å². The number of ether oxygens (including phenoxy) is 7. The summed E-state index contributed by atoms with van der Waals surface area (Å²) in [4.78, 5) is 11.4. The Labute approximate surface area is 175 Å². The first kappa shape index (κ1) is 21.9. The molecule has 2 aromatic rings. The predicted octanol–water partition coefficient (Wildman–Crippen LogP) is 3.34. The highest BCUT2D eigenvalue weighted by Crippen LogP contribution is 2.51. The van der Waals surface area contributed by atoms with Crippen LogP contribution in [-0.2, 0) is 14.2 Å². The lowest BCUT2D eigenvalue weighted by Crippen LogP contribution is -2.16. The lowest BCUT2D eigenvalue weighted by molar-refractivity contribution is -0.0419. The van der Waals surface area contributed by atoms with Gasteiger partial charge in [0.1, 0.15) is 19.2 Å². The zero-order chi connectivity index (χ0) is 21.5. The van der Waals surface area contributed by atoms with Gasteiger partial charge < -0.3 is 33.2 Å². The third kappa shape index (κ3) is 4.51. The highest BCUT2D eigenvalue weighted by atomic mass is 16.7. The average molecular weight is 418 g/mol. The molecule has 1 heterocycles. The number of benzene rings is 2. The molecule has 0 fully saturated rings.